The van der Waals surface area contributed by atoms with E-state index in [1.54, 1.807) is 0 Å². The second kappa shape index (κ2) is 24.3. The Morgan fingerprint density at radius 3 is 0.937 bits per heavy atom. The minimum absolute atomic E-state index is 0.158. The molecule has 0 bridgehead atoms. The van der Waals surface area contributed by atoms with Gasteiger partial charge in [-0.15, -0.1) is 0 Å². The number of nitrogens with two attached hydrogens (primary N) is 1. The number of rotatable bonds is 20. The van der Waals surface area contributed by atoms with Crippen LogP contribution in [0.5, 0.6) is 0 Å². The molecule has 27 heteroatoms. The second-order valence-corrected chi connectivity index (χ2v) is 16.0. The molecule has 5 aliphatic rings. The lowest BCUT2D eigenvalue weighted by molar-refractivity contribution is -0.393. The third-order valence-corrected chi connectivity index (χ3v) is 11.7. The van der Waals surface area contributed by atoms with Gasteiger partial charge in [-0.3, -0.25) is 0 Å². The lowest BCUT2D eigenvalue weighted by Gasteiger charge is -2.49. The summed E-state index contributed by atoms with van der Waals surface area (Å²) in [5.74, 6) is 0. The van der Waals surface area contributed by atoms with Crippen molar-refractivity contribution in [2.24, 2.45) is 5.73 Å². The zero-order chi connectivity index (χ0) is 46.3. The van der Waals surface area contributed by atoms with Crippen molar-refractivity contribution in [1.29, 1.82) is 0 Å². The number of aliphatic hydroxyl groups excluding tert-OH is 16. The van der Waals surface area contributed by atoms with E-state index in [0.717, 1.165) is 19.3 Å². The van der Waals surface area contributed by atoms with Crippen molar-refractivity contribution in [3.63, 3.8) is 0 Å². The van der Waals surface area contributed by atoms with Crippen LogP contribution in [-0.2, 0) is 47.4 Å². The lowest BCUT2D eigenvalue weighted by Crippen LogP contribution is -2.68. The van der Waals surface area contributed by atoms with E-state index in [4.69, 9.17) is 53.1 Å². The van der Waals surface area contributed by atoms with Gasteiger partial charge in [-0.1, -0.05) is 12.8 Å². The predicted octanol–water partition coefficient (Wildman–Crippen LogP) is -10.4. The second-order valence-electron chi connectivity index (χ2n) is 16.0. The van der Waals surface area contributed by atoms with Gasteiger partial charge in [0.25, 0.3) is 0 Å². The van der Waals surface area contributed by atoms with Crippen molar-refractivity contribution in [1.82, 2.24) is 0 Å². The number of ether oxygens (including phenoxy) is 10. The van der Waals surface area contributed by atoms with Crippen LogP contribution in [0.4, 0.5) is 0 Å². The van der Waals surface area contributed by atoms with E-state index < -0.39 is 187 Å². The van der Waals surface area contributed by atoms with Crippen molar-refractivity contribution < 1.29 is 129 Å². The van der Waals surface area contributed by atoms with Gasteiger partial charge in [0.2, 0.25) is 0 Å². The van der Waals surface area contributed by atoms with Crippen LogP contribution in [0, 0.1) is 0 Å². The molecule has 5 rings (SSSR count). The zero-order valence-corrected chi connectivity index (χ0v) is 34.0. The van der Waals surface area contributed by atoms with Crippen LogP contribution < -0.4 is 5.73 Å². The Kier molecular flexibility index (Phi) is 20.4. The predicted molar refractivity (Wildman–Crippen MR) is 198 cm³/mol. The van der Waals surface area contributed by atoms with Crippen molar-refractivity contribution in [2.45, 2.75) is 179 Å². The molecule has 0 amide bonds. The van der Waals surface area contributed by atoms with Gasteiger partial charge in [-0.2, -0.15) is 0 Å². The van der Waals surface area contributed by atoms with Gasteiger partial charge in [-0.25, -0.2) is 0 Å². The standard InChI is InChI=1S/C36H65NO26/c37-5-3-1-2-4-6-54-32-24(50)19(45)28(13(8-39)56-32)61-34-26(52)21(47)30(15(10-41)58-34)63-36-27(53)22(48)31(16(11-42)59-36)62-35-25(51)20(46)29(14(9-40)57-35)60-33-23(49)18(44)17(43)12(7-38)55-33/h12-36,38-53H,1-11,37H2/t12?,13?,14?,15?,16?,17-,18?,19?,20?,21?,22?,23?,24?,25?,26?,27?,28-,29+,30-,31-,32+,33-,34+,35-,36+/m1/s1. The van der Waals surface area contributed by atoms with Crippen LogP contribution >= 0.6 is 0 Å². The number of hydrogen-bond acceptors (Lipinski definition) is 27. The lowest BCUT2D eigenvalue weighted by atomic mass is 9.95. The number of hydrogen-bond donors (Lipinski definition) is 17. The van der Waals surface area contributed by atoms with Crippen molar-refractivity contribution in [3.8, 4) is 0 Å². The quantitative estimate of drug-likeness (QED) is 0.0504. The Bertz CT molecular complexity index is 1320. The highest BCUT2D eigenvalue weighted by Crippen LogP contribution is 2.35. The molecular weight excluding hydrogens is 862 g/mol. The zero-order valence-electron chi connectivity index (χ0n) is 34.0. The Morgan fingerprint density at radius 1 is 0.317 bits per heavy atom. The van der Waals surface area contributed by atoms with Crippen molar-refractivity contribution >= 4 is 0 Å². The van der Waals surface area contributed by atoms with Crippen molar-refractivity contribution in [3.05, 3.63) is 0 Å². The summed E-state index contributed by atoms with van der Waals surface area (Å²) in [7, 11) is 0. The molecule has 5 fully saturated rings. The van der Waals surface area contributed by atoms with E-state index in [2.05, 4.69) is 0 Å². The summed E-state index contributed by atoms with van der Waals surface area (Å²) in [6, 6.07) is 0. The molecule has 0 saturated carbocycles. The minimum Gasteiger partial charge on any atom is -0.394 e. The third kappa shape index (κ3) is 12.0. The molecule has 5 saturated heterocycles. The molecule has 0 radical (unpaired) electrons. The molecule has 370 valence electrons. The summed E-state index contributed by atoms with van der Waals surface area (Å²) in [4.78, 5) is 0. The maximum absolute atomic E-state index is 11.2. The SMILES string of the molecule is NCCCCCCO[C@H]1OC(CO)[C@@H](O[C@@H]2OC(CO)[C@@H](O[C@@H]3OC(CO)[C@@H](O[C@H]4OC(CO)[C@H](O[C@H]5OC(CO)[C@@H](O)C(O)C5O)C(O)C4O)C(O)C3O)C(O)C2O)C(O)C1O. The Morgan fingerprint density at radius 2 is 0.603 bits per heavy atom. The molecular formula is C36H65NO26. The summed E-state index contributed by atoms with van der Waals surface area (Å²) >= 11 is 0. The monoisotopic (exact) mass is 927 g/mol. The molecule has 0 aromatic rings. The van der Waals surface area contributed by atoms with Crippen LogP contribution in [0.1, 0.15) is 25.7 Å². The van der Waals surface area contributed by atoms with E-state index in [1.807, 2.05) is 0 Å². The summed E-state index contributed by atoms with van der Waals surface area (Å²) in [5.41, 5.74) is 5.49. The number of unbranched alkanes of at least 4 members (excludes halogenated alkanes) is 3. The van der Waals surface area contributed by atoms with E-state index >= 15 is 0 Å². The van der Waals surface area contributed by atoms with Crippen LogP contribution in [-0.4, -0.2) is 281 Å². The first-order valence-corrected chi connectivity index (χ1v) is 20.8. The molecule has 27 nitrogen and oxygen atoms in total. The highest BCUT2D eigenvalue weighted by molar-refractivity contribution is 4.99. The molecule has 18 N–H and O–H groups in total. The molecule has 0 spiro atoms. The molecule has 5 heterocycles. The van der Waals surface area contributed by atoms with Gasteiger partial charge in [-0.05, 0) is 19.4 Å². The molecule has 0 aromatic carbocycles. The van der Waals surface area contributed by atoms with Crippen LogP contribution in [0.15, 0.2) is 0 Å². The van der Waals surface area contributed by atoms with E-state index in [-0.39, 0.29) is 6.61 Å². The van der Waals surface area contributed by atoms with Gasteiger partial charge >= 0.3 is 0 Å². The topological polar surface area (TPSA) is 442 Å². The van der Waals surface area contributed by atoms with Gasteiger partial charge in [0.05, 0.1) is 33.0 Å². The largest absolute Gasteiger partial charge is 0.394 e. The van der Waals surface area contributed by atoms with E-state index in [1.165, 1.54) is 0 Å². The molecule has 5 aliphatic heterocycles. The molecule has 25 atom stereocenters. The number of aliphatic hydroxyl groups is 16. The van der Waals surface area contributed by atoms with Crippen LogP contribution in [0.3, 0.4) is 0 Å². The summed E-state index contributed by atoms with van der Waals surface area (Å²) in [5, 5.41) is 169. The first-order valence-electron chi connectivity index (χ1n) is 20.8. The Hall–Kier alpha value is -1.08. The minimum atomic E-state index is -2.11. The average molecular weight is 928 g/mol. The van der Waals surface area contributed by atoms with E-state index in [9.17, 15) is 81.7 Å². The van der Waals surface area contributed by atoms with Crippen LogP contribution in [0.2, 0.25) is 0 Å². The average Bonchev–Trinajstić information content (AvgIpc) is 3.28. The van der Waals surface area contributed by atoms with Crippen LogP contribution in [0.25, 0.3) is 0 Å². The summed E-state index contributed by atoms with van der Waals surface area (Å²) < 4.78 is 55.9. The fraction of sp³-hybridized carbons (Fsp3) is 1.00. The summed E-state index contributed by atoms with van der Waals surface area (Å²) in [6.07, 6.45) is -41.5. The van der Waals surface area contributed by atoms with E-state index in [0.29, 0.717) is 13.0 Å². The van der Waals surface area contributed by atoms with Crippen molar-refractivity contribution in [2.75, 3.05) is 46.2 Å². The highest BCUT2D eigenvalue weighted by atomic mass is 16.8. The summed E-state index contributed by atoms with van der Waals surface area (Å²) in [6.45, 7) is -3.70. The molecule has 63 heavy (non-hydrogen) atoms. The maximum Gasteiger partial charge on any atom is 0.187 e. The molecule has 0 aliphatic carbocycles. The fourth-order valence-electron chi connectivity index (χ4n) is 7.96. The Labute approximate surface area is 360 Å². The van der Waals surface area contributed by atoms with Gasteiger partial charge < -0.3 is 135 Å². The fourth-order valence-corrected chi connectivity index (χ4v) is 7.96. The first-order chi connectivity index (χ1) is 30.1. The first kappa shape index (κ1) is 52.9. The highest BCUT2D eigenvalue weighted by Gasteiger charge is 2.56. The molecule has 0 aromatic heterocycles. The maximum atomic E-state index is 11.2. The molecule has 15 unspecified atom stereocenters. The third-order valence-electron chi connectivity index (χ3n) is 11.7. The smallest absolute Gasteiger partial charge is 0.187 e. The van der Waals surface area contributed by atoms with Gasteiger partial charge in [0.1, 0.15) is 122 Å². The Balaban J connectivity index is 1.19. The van der Waals surface area contributed by atoms with Gasteiger partial charge in [0, 0.05) is 6.61 Å². The van der Waals surface area contributed by atoms with Gasteiger partial charge in [0.15, 0.2) is 31.5 Å². The normalized spacial score (nSPS) is 48.6.